The van der Waals surface area contributed by atoms with Crippen LogP contribution in [-0.4, -0.2) is 12.2 Å². The molecule has 2 nitrogen and oxygen atoms in total. The van der Waals surface area contributed by atoms with Gasteiger partial charge in [-0.05, 0) is 33.4 Å². The van der Waals surface area contributed by atoms with Crippen molar-refractivity contribution in [1.82, 2.24) is 0 Å². The van der Waals surface area contributed by atoms with Crippen LogP contribution in [0.2, 0.25) is 0 Å². The molecule has 0 N–H and O–H groups in total. The van der Waals surface area contributed by atoms with Crippen LogP contribution >= 0.6 is 0 Å². The fourth-order valence-electron chi connectivity index (χ4n) is 4.02. The molecule has 2 aliphatic heterocycles. The van der Waals surface area contributed by atoms with Crippen molar-refractivity contribution < 1.29 is 9.47 Å². The summed E-state index contributed by atoms with van der Waals surface area (Å²) in [5, 5.41) is 0. The molecule has 0 radical (unpaired) electrons. The predicted octanol–water partition coefficient (Wildman–Crippen LogP) is 3.50. The lowest BCUT2D eigenvalue weighted by Gasteiger charge is -2.24. The fraction of sp³-hybridized carbons (Fsp3) is 0.222. The van der Waals surface area contributed by atoms with E-state index in [1.165, 1.54) is 33.4 Å². The third-order valence-corrected chi connectivity index (χ3v) is 4.96. The second-order valence-electron chi connectivity index (χ2n) is 5.96. The lowest BCUT2D eigenvalue weighted by atomic mass is 9.76. The monoisotopic (exact) mass is 260 g/mol. The van der Waals surface area contributed by atoms with Gasteiger partial charge in [-0.15, -0.1) is 0 Å². The molecule has 2 heterocycles. The van der Waals surface area contributed by atoms with Gasteiger partial charge in [0.1, 0.15) is 24.4 Å². The Morgan fingerprint density at radius 1 is 0.550 bits per heavy atom. The van der Waals surface area contributed by atoms with Crippen LogP contribution in [0.25, 0.3) is 11.1 Å². The smallest absolute Gasteiger partial charge is 0.115 e. The topological polar surface area (TPSA) is 25.1 Å². The summed E-state index contributed by atoms with van der Waals surface area (Å²) in [6, 6.07) is 17.3. The predicted molar refractivity (Wildman–Crippen MR) is 74.9 cm³/mol. The van der Waals surface area contributed by atoms with E-state index in [1.54, 1.807) is 0 Å². The van der Waals surface area contributed by atoms with E-state index >= 15 is 0 Å². The second kappa shape index (κ2) is 3.05. The van der Waals surface area contributed by atoms with E-state index in [0.29, 0.717) is 0 Å². The van der Waals surface area contributed by atoms with Crippen molar-refractivity contribution in [2.45, 2.75) is 24.4 Å². The first-order valence-electron chi connectivity index (χ1n) is 7.17. The van der Waals surface area contributed by atoms with E-state index in [2.05, 4.69) is 48.5 Å². The first-order valence-corrected chi connectivity index (χ1v) is 7.17. The minimum Gasteiger partial charge on any atom is -0.359 e. The van der Waals surface area contributed by atoms with Crippen LogP contribution in [-0.2, 0) is 9.47 Å². The molecule has 0 amide bonds. The average molecular weight is 260 g/mol. The van der Waals surface area contributed by atoms with Crippen LogP contribution in [0.5, 0.6) is 0 Å². The number of hydrogen-bond acceptors (Lipinski definition) is 2. The van der Waals surface area contributed by atoms with Crippen molar-refractivity contribution in [3.63, 3.8) is 0 Å². The van der Waals surface area contributed by atoms with E-state index in [9.17, 15) is 0 Å². The van der Waals surface area contributed by atoms with Crippen LogP contribution in [0.1, 0.15) is 34.5 Å². The number of epoxide rings is 2. The van der Waals surface area contributed by atoms with Gasteiger partial charge >= 0.3 is 0 Å². The second-order valence-corrected chi connectivity index (χ2v) is 5.96. The maximum Gasteiger partial charge on any atom is 0.115 e. The molecule has 4 unspecified atom stereocenters. The molecule has 0 bridgehead atoms. The van der Waals surface area contributed by atoms with Gasteiger partial charge in [-0.3, -0.25) is 0 Å². The van der Waals surface area contributed by atoms with E-state index in [4.69, 9.17) is 9.47 Å². The molecule has 4 aliphatic rings. The maximum absolute atomic E-state index is 5.98. The Bertz CT molecular complexity index is 737. The van der Waals surface area contributed by atoms with Crippen LogP contribution < -0.4 is 0 Å². The van der Waals surface area contributed by atoms with Crippen molar-refractivity contribution in [1.29, 1.82) is 0 Å². The quantitative estimate of drug-likeness (QED) is 0.677. The highest BCUT2D eigenvalue weighted by Gasteiger charge is 2.58. The van der Waals surface area contributed by atoms with Crippen molar-refractivity contribution in [2.24, 2.45) is 0 Å². The van der Waals surface area contributed by atoms with Gasteiger partial charge < -0.3 is 9.47 Å². The van der Waals surface area contributed by atoms with Gasteiger partial charge in [0, 0.05) is 0 Å². The van der Waals surface area contributed by atoms with E-state index in [-0.39, 0.29) is 24.4 Å². The zero-order valence-electron chi connectivity index (χ0n) is 10.7. The highest BCUT2D eigenvalue weighted by Crippen LogP contribution is 2.63. The third kappa shape index (κ3) is 1.02. The minimum atomic E-state index is 0.242. The SMILES string of the molecule is c1ccc2c(c1)C1=C(c3ccccc3C3OC13)C1OC21. The molecule has 4 atom stereocenters. The van der Waals surface area contributed by atoms with Crippen LogP contribution in [0.4, 0.5) is 0 Å². The Labute approximate surface area is 116 Å². The fourth-order valence-corrected chi connectivity index (χ4v) is 4.02. The highest BCUT2D eigenvalue weighted by molar-refractivity contribution is 6.02. The van der Waals surface area contributed by atoms with Gasteiger partial charge in [0.2, 0.25) is 0 Å². The maximum atomic E-state index is 5.98. The zero-order valence-corrected chi connectivity index (χ0v) is 10.7. The molecule has 20 heavy (non-hydrogen) atoms. The van der Waals surface area contributed by atoms with Gasteiger partial charge in [-0.2, -0.15) is 0 Å². The molecule has 2 saturated heterocycles. The van der Waals surface area contributed by atoms with E-state index in [0.717, 1.165) is 0 Å². The Balaban J connectivity index is 1.73. The summed E-state index contributed by atoms with van der Waals surface area (Å²) in [7, 11) is 0. The van der Waals surface area contributed by atoms with Gasteiger partial charge in [-0.25, -0.2) is 0 Å². The Hall–Kier alpha value is -1.90. The molecule has 0 aromatic heterocycles. The summed E-state index contributed by atoms with van der Waals surface area (Å²) in [4.78, 5) is 0. The van der Waals surface area contributed by atoms with E-state index < -0.39 is 0 Å². The van der Waals surface area contributed by atoms with Crippen molar-refractivity contribution in [3.05, 3.63) is 70.8 Å². The van der Waals surface area contributed by atoms with Gasteiger partial charge in [-0.1, -0.05) is 48.5 Å². The lowest BCUT2D eigenvalue weighted by Crippen LogP contribution is -2.15. The average Bonchev–Trinajstić information content (AvgIpc) is 3.38. The Morgan fingerprint density at radius 2 is 1.00 bits per heavy atom. The van der Waals surface area contributed by atoms with Crippen molar-refractivity contribution in [3.8, 4) is 0 Å². The third-order valence-electron chi connectivity index (χ3n) is 4.96. The largest absolute Gasteiger partial charge is 0.359 e. The number of ether oxygens (including phenoxy) is 2. The number of benzene rings is 2. The number of hydrogen-bond donors (Lipinski definition) is 0. The summed E-state index contributed by atoms with van der Waals surface area (Å²) in [6.07, 6.45) is 0.999. The molecule has 0 spiro atoms. The summed E-state index contributed by atoms with van der Waals surface area (Å²) >= 11 is 0. The molecule has 2 fully saturated rings. The Kier molecular flexibility index (Phi) is 1.51. The Morgan fingerprint density at radius 3 is 1.50 bits per heavy atom. The number of fused-ring (bicyclic) bond motifs is 10. The van der Waals surface area contributed by atoms with Crippen LogP contribution in [0.15, 0.2) is 48.5 Å². The summed E-state index contributed by atoms with van der Waals surface area (Å²) in [5.74, 6) is 0. The molecule has 2 aliphatic carbocycles. The molecule has 6 rings (SSSR count). The number of rotatable bonds is 0. The molecule has 2 aromatic rings. The first-order chi connectivity index (χ1) is 9.93. The molecular weight excluding hydrogens is 248 g/mol. The molecule has 96 valence electrons. The highest BCUT2D eigenvalue weighted by atomic mass is 16.6. The molecule has 2 aromatic carbocycles. The van der Waals surface area contributed by atoms with Crippen molar-refractivity contribution in [2.75, 3.05) is 0 Å². The van der Waals surface area contributed by atoms with Gasteiger partial charge in [0.05, 0.1) is 0 Å². The van der Waals surface area contributed by atoms with Gasteiger partial charge in [0.25, 0.3) is 0 Å². The van der Waals surface area contributed by atoms with Crippen molar-refractivity contribution >= 4 is 11.1 Å². The van der Waals surface area contributed by atoms with Crippen LogP contribution in [0, 0.1) is 0 Å². The first kappa shape index (κ1) is 9.92. The molecule has 2 heteroatoms. The molecule has 0 saturated carbocycles. The standard InChI is InChI=1S/C18H12O2/c1-3-7-11-9(5-1)13-14(18-15(11)19-18)10-6-2-4-8-12(10)16-17(13)20-16/h1-8,15-18H. The summed E-state index contributed by atoms with van der Waals surface area (Å²) in [6.45, 7) is 0. The minimum absolute atomic E-state index is 0.242. The molecular formula is C18H12O2. The van der Waals surface area contributed by atoms with Gasteiger partial charge in [0.15, 0.2) is 0 Å². The normalized spacial score (nSPS) is 34.4. The summed E-state index contributed by atoms with van der Waals surface area (Å²) in [5.41, 5.74) is 8.10. The zero-order chi connectivity index (χ0) is 12.8. The van der Waals surface area contributed by atoms with E-state index in [1.807, 2.05) is 0 Å². The summed E-state index contributed by atoms with van der Waals surface area (Å²) < 4.78 is 12.0. The lowest BCUT2D eigenvalue weighted by molar-refractivity contribution is 0.396. The van der Waals surface area contributed by atoms with Crippen LogP contribution in [0.3, 0.4) is 0 Å².